The first-order chi connectivity index (χ1) is 6.18. The smallest absolute Gasteiger partial charge is 0.139 e. The number of carbonyl (C=O) groups excluding carboxylic acids is 1. The van der Waals surface area contributed by atoms with Gasteiger partial charge in [-0.2, -0.15) is 0 Å². The molecule has 2 fully saturated rings. The van der Waals surface area contributed by atoms with E-state index in [1.54, 1.807) is 0 Å². The summed E-state index contributed by atoms with van der Waals surface area (Å²) in [6.07, 6.45) is 7.65. The van der Waals surface area contributed by atoms with Gasteiger partial charge < -0.3 is 0 Å². The van der Waals surface area contributed by atoms with Gasteiger partial charge in [-0.1, -0.05) is 18.6 Å². The Morgan fingerprint density at radius 1 is 1.46 bits per heavy atom. The molecule has 2 atom stereocenters. The van der Waals surface area contributed by atoms with Crippen LogP contribution in [0.3, 0.4) is 0 Å². The maximum atomic E-state index is 11.8. The molecule has 1 heteroatoms. The van der Waals surface area contributed by atoms with E-state index in [-0.39, 0.29) is 5.41 Å². The fourth-order valence-corrected chi connectivity index (χ4v) is 3.10. The minimum absolute atomic E-state index is 0.0140. The number of allylic oxidation sites excluding steroid dienone is 2. The molecule has 2 aliphatic rings. The van der Waals surface area contributed by atoms with Gasteiger partial charge in [-0.25, -0.2) is 0 Å². The lowest BCUT2D eigenvalue weighted by atomic mass is 9.68. The molecule has 0 aliphatic heterocycles. The van der Waals surface area contributed by atoms with Crippen molar-refractivity contribution in [2.45, 2.75) is 46.0 Å². The quantitative estimate of drug-likeness (QED) is 0.521. The molecule has 0 aromatic rings. The summed E-state index contributed by atoms with van der Waals surface area (Å²) in [5, 5.41) is 0. The molecule has 1 nitrogen and oxygen atoms in total. The summed E-state index contributed by atoms with van der Waals surface area (Å²) in [6.45, 7) is 4.29. The van der Waals surface area contributed by atoms with Crippen molar-refractivity contribution in [2.75, 3.05) is 0 Å². The molecule has 0 spiro atoms. The topological polar surface area (TPSA) is 17.1 Å². The third-order valence-electron chi connectivity index (χ3n) is 4.05. The van der Waals surface area contributed by atoms with Crippen molar-refractivity contribution in [3.05, 3.63) is 11.6 Å². The molecule has 0 aromatic carbocycles. The minimum atomic E-state index is 0.0140. The van der Waals surface area contributed by atoms with E-state index in [9.17, 15) is 4.79 Å². The van der Waals surface area contributed by atoms with Gasteiger partial charge in [0.15, 0.2) is 0 Å². The fourth-order valence-electron chi connectivity index (χ4n) is 3.10. The lowest BCUT2D eigenvalue weighted by Gasteiger charge is -2.34. The van der Waals surface area contributed by atoms with Crippen LogP contribution in [0.2, 0.25) is 0 Å². The average molecular weight is 178 g/mol. The standard InChI is InChI=1S/C12H18O/c1-3-9-7-8-12(2)10(9)5-4-6-11(12)13/h3,10H,4-8H2,1-2H3/b9-3-/t10-,12+/m1/s1. The molecule has 0 heterocycles. The van der Waals surface area contributed by atoms with Crippen LogP contribution in [-0.4, -0.2) is 5.78 Å². The molecule has 0 aromatic heterocycles. The van der Waals surface area contributed by atoms with Crippen LogP contribution in [0.15, 0.2) is 11.6 Å². The van der Waals surface area contributed by atoms with Crippen LogP contribution < -0.4 is 0 Å². The van der Waals surface area contributed by atoms with Gasteiger partial charge in [-0.15, -0.1) is 0 Å². The number of rotatable bonds is 0. The zero-order valence-corrected chi connectivity index (χ0v) is 8.60. The normalized spacial score (nSPS) is 42.5. The van der Waals surface area contributed by atoms with E-state index in [1.807, 2.05) is 0 Å². The highest BCUT2D eigenvalue weighted by Gasteiger charge is 2.48. The summed E-state index contributed by atoms with van der Waals surface area (Å²) in [6, 6.07) is 0. The first-order valence-electron chi connectivity index (χ1n) is 5.37. The zero-order valence-electron chi connectivity index (χ0n) is 8.60. The maximum Gasteiger partial charge on any atom is 0.139 e. The third-order valence-corrected chi connectivity index (χ3v) is 4.05. The molecular weight excluding hydrogens is 160 g/mol. The highest BCUT2D eigenvalue weighted by Crippen LogP contribution is 2.52. The van der Waals surface area contributed by atoms with E-state index in [0.717, 1.165) is 25.7 Å². The van der Waals surface area contributed by atoms with Crippen molar-refractivity contribution in [3.63, 3.8) is 0 Å². The summed E-state index contributed by atoms with van der Waals surface area (Å²) < 4.78 is 0. The minimum Gasteiger partial charge on any atom is -0.299 e. The summed E-state index contributed by atoms with van der Waals surface area (Å²) >= 11 is 0. The number of ketones is 1. The highest BCUT2D eigenvalue weighted by atomic mass is 16.1. The van der Waals surface area contributed by atoms with Crippen LogP contribution in [0.4, 0.5) is 0 Å². The molecule has 0 radical (unpaired) electrons. The molecule has 72 valence electrons. The van der Waals surface area contributed by atoms with Crippen molar-refractivity contribution >= 4 is 5.78 Å². The zero-order chi connectivity index (χ0) is 9.47. The van der Waals surface area contributed by atoms with Gasteiger partial charge in [0.05, 0.1) is 0 Å². The average Bonchev–Trinajstić information content (AvgIpc) is 2.45. The number of carbonyl (C=O) groups is 1. The summed E-state index contributed by atoms with van der Waals surface area (Å²) in [7, 11) is 0. The van der Waals surface area contributed by atoms with Gasteiger partial charge in [0.25, 0.3) is 0 Å². The molecule has 0 saturated heterocycles. The highest BCUT2D eigenvalue weighted by molar-refractivity contribution is 5.86. The van der Waals surface area contributed by atoms with Crippen molar-refractivity contribution < 1.29 is 4.79 Å². The molecule has 0 N–H and O–H groups in total. The van der Waals surface area contributed by atoms with Crippen LogP contribution in [0.25, 0.3) is 0 Å². The molecule has 0 amide bonds. The number of hydrogen-bond donors (Lipinski definition) is 0. The van der Waals surface area contributed by atoms with E-state index in [4.69, 9.17) is 0 Å². The Morgan fingerprint density at radius 3 is 2.92 bits per heavy atom. The monoisotopic (exact) mass is 178 g/mol. The van der Waals surface area contributed by atoms with E-state index < -0.39 is 0 Å². The summed E-state index contributed by atoms with van der Waals surface area (Å²) in [5.41, 5.74) is 1.55. The second-order valence-electron chi connectivity index (χ2n) is 4.65. The second kappa shape index (κ2) is 2.97. The predicted molar refractivity (Wildman–Crippen MR) is 53.4 cm³/mol. The van der Waals surface area contributed by atoms with Crippen molar-refractivity contribution in [1.29, 1.82) is 0 Å². The second-order valence-corrected chi connectivity index (χ2v) is 4.65. The van der Waals surface area contributed by atoms with Crippen molar-refractivity contribution in [3.8, 4) is 0 Å². The van der Waals surface area contributed by atoms with Gasteiger partial charge >= 0.3 is 0 Å². The van der Waals surface area contributed by atoms with E-state index >= 15 is 0 Å². The van der Waals surface area contributed by atoms with Gasteiger partial charge in [0.1, 0.15) is 5.78 Å². The molecule has 2 aliphatic carbocycles. The van der Waals surface area contributed by atoms with E-state index in [1.165, 1.54) is 12.0 Å². The molecule has 0 bridgehead atoms. The van der Waals surface area contributed by atoms with Crippen LogP contribution in [0.1, 0.15) is 46.0 Å². The number of Topliss-reactive ketones (excluding diaryl/α,β-unsaturated/α-hetero) is 1. The number of fused-ring (bicyclic) bond motifs is 1. The molecule has 0 unspecified atom stereocenters. The summed E-state index contributed by atoms with van der Waals surface area (Å²) in [5.74, 6) is 1.10. The Morgan fingerprint density at radius 2 is 2.23 bits per heavy atom. The van der Waals surface area contributed by atoms with Crippen LogP contribution in [-0.2, 0) is 4.79 Å². The maximum absolute atomic E-state index is 11.8. The SMILES string of the molecule is C/C=C1/CC[C@]2(C)C(=O)CCC[C@H]12. The van der Waals surface area contributed by atoms with Gasteiger partial charge in [0, 0.05) is 11.8 Å². The molecule has 2 rings (SSSR count). The van der Waals surface area contributed by atoms with E-state index in [0.29, 0.717) is 11.7 Å². The lowest BCUT2D eigenvalue weighted by Crippen LogP contribution is -2.35. The van der Waals surface area contributed by atoms with Crippen LogP contribution in [0.5, 0.6) is 0 Å². The van der Waals surface area contributed by atoms with Crippen LogP contribution >= 0.6 is 0 Å². The number of hydrogen-bond acceptors (Lipinski definition) is 1. The Bertz CT molecular complexity index is 264. The van der Waals surface area contributed by atoms with Gasteiger partial charge in [-0.3, -0.25) is 4.79 Å². The van der Waals surface area contributed by atoms with Gasteiger partial charge in [-0.05, 0) is 38.5 Å². The Kier molecular flexibility index (Phi) is 2.05. The largest absolute Gasteiger partial charge is 0.299 e. The van der Waals surface area contributed by atoms with Crippen molar-refractivity contribution in [1.82, 2.24) is 0 Å². The molecule has 2 saturated carbocycles. The first-order valence-corrected chi connectivity index (χ1v) is 5.37. The molecular formula is C12H18O. The van der Waals surface area contributed by atoms with Gasteiger partial charge in [0.2, 0.25) is 0 Å². The van der Waals surface area contributed by atoms with Crippen molar-refractivity contribution in [2.24, 2.45) is 11.3 Å². The Labute approximate surface area is 80.2 Å². The lowest BCUT2D eigenvalue weighted by molar-refractivity contribution is -0.131. The van der Waals surface area contributed by atoms with E-state index in [2.05, 4.69) is 19.9 Å². The Hall–Kier alpha value is -0.590. The first kappa shape index (κ1) is 8.98. The molecule has 13 heavy (non-hydrogen) atoms. The summed E-state index contributed by atoms with van der Waals surface area (Å²) in [4.78, 5) is 11.8. The van der Waals surface area contributed by atoms with Crippen LogP contribution in [0, 0.1) is 11.3 Å². The third kappa shape index (κ3) is 1.17. The fraction of sp³-hybridized carbons (Fsp3) is 0.750. The predicted octanol–water partition coefficient (Wildman–Crippen LogP) is 3.10. The Balaban J connectivity index is 2.32.